The van der Waals surface area contributed by atoms with Crippen LogP contribution in [0.4, 0.5) is 0 Å². The summed E-state index contributed by atoms with van der Waals surface area (Å²) in [6.45, 7) is 1.87. The number of rotatable bonds is 1. The van der Waals surface area contributed by atoms with Crippen molar-refractivity contribution in [3.05, 3.63) is 35.9 Å². The third-order valence-corrected chi connectivity index (χ3v) is 2.56. The van der Waals surface area contributed by atoms with Crippen molar-refractivity contribution in [2.45, 2.75) is 13.1 Å². The molecule has 0 saturated heterocycles. The van der Waals surface area contributed by atoms with E-state index in [1.54, 1.807) is 18.5 Å². The molecule has 0 atom stereocenters. The summed E-state index contributed by atoms with van der Waals surface area (Å²) in [5.41, 5.74) is 2.47. The number of hydrogen-bond donors (Lipinski definition) is 0. The second-order valence-electron chi connectivity index (χ2n) is 3.75. The maximum Gasteiger partial charge on any atom is 0.250 e. The zero-order valence-electron chi connectivity index (χ0n) is 8.46. The summed E-state index contributed by atoms with van der Waals surface area (Å²) in [7, 11) is 2.09. The second kappa shape index (κ2) is 3.13. The standard InChI is InChI=1S/C10H11N5/c1-14-6-8-5-13-15(9(8)7-14)10-11-3-2-4-12-10/h2-5H,6-7H2,1H3. The first kappa shape index (κ1) is 8.55. The monoisotopic (exact) mass is 201 g/mol. The average molecular weight is 201 g/mol. The van der Waals surface area contributed by atoms with E-state index in [0.29, 0.717) is 5.95 Å². The molecule has 0 unspecified atom stereocenters. The lowest BCUT2D eigenvalue weighted by Gasteiger charge is -2.06. The van der Waals surface area contributed by atoms with Gasteiger partial charge in [0.2, 0.25) is 0 Å². The van der Waals surface area contributed by atoms with Gasteiger partial charge in [0, 0.05) is 31.0 Å². The van der Waals surface area contributed by atoms with Crippen molar-refractivity contribution in [3.8, 4) is 5.95 Å². The molecular formula is C10H11N5. The lowest BCUT2D eigenvalue weighted by atomic mass is 10.3. The summed E-state index contributed by atoms with van der Waals surface area (Å²) in [5, 5.41) is 4.31. The van der Waals surface area contributed by atoms with Gasteiger partial charge in [0.05, 0.1) is 11.9 Å². The van der Waals surface area contributed by atoms with Crippen LogP contribution in [0.15, 0.2) is 24.7 Å². The highest BCUT2D eigenvalue weighted by Gasteiger charge is 2.21. The van der Waals surface area contributed by atoms with Crippen molar-refractivity contribution in [2.24, 2.45) is 0 Å². The molecule has 15 heavy (non-hydrogen) atoms. The lowest BCUT2D eigenvalue weighted by Crippen LogP contribution is -2.12. The molecule has 2 aromatic heterocycles. The van der Waals surface area contributed by atoms with Gasteiger partial charge in [0.25, 0.3) is 5.95 Å². The van der Waals surface area contributed by atoms with Gasteiger partial charge in [-0.05, 0) is 13.1 Å². The molecular weight excluding hydrogens is 190 g/mol. The van der Waals surface area contributed by atoms with E-state index >= 15 is 0 Å². The Balaban J connectivity index is 2.08. The van der Waals surface area contributed by atoms with Gasteiger partial charge in [-0.1, -0.05) is 0 Å². The van der Waals surface area contributed by atoms with Crippen LogP contribution in [0.2, 0.25) is 0 Å². The summed E-state index contributed by atoms with van der Waals surface area (Å²) in [6, 6.07) is 1.80. The molecule has 0 aliphatic carbocycles. The molecule has 1 aliphatic heterocycles. The van der Waals surface area contributed by atoms with Gasteiger partial charge in [-0.2, -0.15) is 5.10 Å². The van der Waals surface area contributed by atoms with E-state index in [-0.39, 0.29) is 0 Å². The summed E-state index contributed by atoms with van der Waals surface area (Å²) >= 11 is 0. The first-order valence-corrected chi connectivity index (χ1v) is 4.86. The smallest absolute Gasteiger partial charge is 0.250 e. The second-order valence-corrected chi connectivity index (χ2v) is 3.75. The van der Waals surface area contributed by atoms with Gasteiger partial charge in [-0.3, -0.25) is 4.90 Å². The molecule has 76 valence electrons. The molecule has 5 nitrogen and oxygen atoms in total. The molecule has 0 saturated carbocycles. The predicted molar refractivity (Wildman–Crippen MR) is 54.3 cm³/mol. The van der Waals surface area contributed by atoms with E-state index < -0.39 is 0 Å². The fourth-order valence-corrected chi connectivity index (χ4v) is 1.88. The molecule has 0 fully saturated rings. The van der Waals surface area contributed by atoms with Crippen LogP contribution in [0.1, 0.15) is 11.3 Å². The largest absolute Gasteiger partial charge is 0.296 e. The average Bonchev–Trinajstić information content (AvgIpc) is 2.77. The number of nitrogens with zero attached hydrogens (tertiary/aromatic N) is 5. The van der Waals surface area contributed by atoms with Crippen molar-refractivity contribution in [3.63, 3.8) is 0 Å². The van der Waals surface area contributed by atoms with Crippen LogP contribution >= 0.6 is 0 Å². The van der Waals surface area contributed by atoms with Crippen molar-refractivity contribution in [2.75, 3.05) is 7.05 Å². The maximum atomic E-state index is 4.31. The first-order chi connectivity index (χ1) is 7.34. The van der Waals surface area contributed by atoms with Gasteiger partial charge in [-0.15, -0.1) is 0 Å². The SMILES string of the molecule is CN1Cc2cnn(-c3ncccn3)c2C1. The molecule has 3 rings (SSSR count). The third-order valence-electron chi connectivity index (χ3n) is 2.56. The minimum atomic E-state index is 0.647. The molecule has 2 aromatic rings. The first-order valence-electron chi connectivity index (χ1n) is 4.86. The Kier molecular flexibility index (Phi) is 1.78. The lowest BCUT2D eigenvalue weighted by molar-refractivity contribution is 0.345. The molecule has 0 aromatic carbocycles. The molecule has 0 spiro atoms. The van der Waals surface area contributed by atoms with Crippen LogP contribution in [-0.2, 0) is 13.1 Å². The summed E-state index contributed by atoms with van der Waals surface area (Å²) in [6.07, 6.45) is 5.36. The highest BCUT2D eigenvalue weighted by Crippen LogP contribution is 2.21. The molecule has 0 amide bonds. The van der Waals surface area contributed by atoms with Crippen molar-refractivity contribution < 1.29 is 0 Å². The Morgan fingerprint density at radius 2 is 2.00 bits per heavy atom. The fraction of sp³-hybridized carbons (Fsp3) is 0.300. The maximum absolute atomic E-state index is 4.31. The quantitative estimate of drug-likeness (QED) is 0.678. The third kappa shape index (κ3) is 1.32. The zero-order valence-corrected chi connectivity index (χ0v) is 8.46. The van der Waals surface area contributed by atoms with E-state index in [9.17, 15) is 0 Å². The Hall–Kier alpha value is -1.75. The highest BCUT2D eigenvalue weighted by atomic mass is 15.4. The van der Waals surface area contributed by atoms with E-state index in [4.69, 9.17) is 0 Å². The highest BCUT2D eigenvalue weighted by molar-refractivity contribution is 5.27. The Labute approximate surface area is 87.4 Å². The Morgan fingerprint density at radius 3 is 2.80 bits per heavy atom. The number of aromatic nitrogens is 4. The van der Waals surface area contributed by atoms with Crippen molar-refractivity contribution in [1.29, 1.82) is 0 Å². The van der Waals surface area contributed by atoms with Gasteiger partial charge >= 0.3 is 0 Å². The molecule has 5 heteroatoms. The molecule has 0 N–H and O–H groups in total. The summed E-state index contributed by atoms with van der Waals surface area (Å²) in [4.78, 5) is 10.6. The Morgan fingerprint density at radius 1 is 1.20 bits per heavy atom. The Bertz CT molecular complexity index is 476. The van der Waals surface area contributed by atoms with E-state index in [1.807, 2.05) is 10.9 Å². The van der Waals surface area contributed by atoms with Gasteiger partial charge in [0.15, 0.2) is 0 Å². The van der Waals surface area contributed by atoms with E-state index in [2.05, 4.69) is 27.0 Å². The molecule has 0 bridgehead atoms. The van der Waals surface area contributed by atoms with E-state index in [1.165, 1.54) is 11.3 Å². The van der Waals surface area contributed by atoms with Crippen LogP contribution in [0.25, 0.3) is 5.95 Å². The number of fused-ring (bicyclic) bond motifs is 1. The minimum absolute atomic E-state index is 0.647. The van der Waals surface area contributed by atoms with Gasteiger partial charge < -0.3 is 0 Å². The molecule has 1 aliphatic rings. The zero-order chi connectivity index (χ0) is 10.3. The topological polar surface area (TPSA) is 46.8 Å². The normalized spacial score (nSPS) is 15.5. The van der Waals surface area contributed by atoms with Gasteiger partial charge in [-0.25, -0.2) is 14.6 Å². The number of hydrogen-bond acceptors (Lipinski definition) is 4. The van der Waals surface area contributed by atoms with Crippen LogP contribution in [-0.4, -0.2) is 31.7 Å². The van der Waals surface area contributed by atoms with Gasteiger partial charge in [0.1, 0.15) is 0 Å². The van der Waals surface area contributed by atoms with Crippen LogP contribution in [0, 0.1) is 0 Å². The summed E-state index contributed by atoms with van der Waals surface area (Å²) in [5.74, 6) is 0.647. The molecule has 0 radical (unpaired) electrons. The van der Waals surface area contributed by atoms with Crippen molar-refractivity contribution >= 4 is 0 Å². The van der Waals surface area contributed by atoms with Crippen molar-refractivity contribution in [1.82, 2.24) is 24.6 Å². The van der Waals surface area contributed by atoms with E-state index in [0.717, 1.165) is 13.1 Å². The minimum Gasteiger partial charge on any atom is -0.296 e. The summed E-state index contributed by atoms with van der Waals surface area (Å²) < 4.78 is 1.82. The van der Waals surface area contributed by atoms with Crippen LogP contribution in [0.3, 0.4) is 0 Å². The fourth-order valence-electron chi connectivity index (χ4n) is 1.88. The van der Waals surface area contributed by atoms with Crippen LogP contribution < -0.4 is 0 Å². The molecule has 3 heterocycles. The predicted octanol–water partition coefficient (Wildman–Crippen LogP) is 0.608. The van der Waals surface area contributed by atoms with Crippen LogP contribution in [0.5, 0.6) is 0 Å².